The van der Waals surface area contributed by atoms with E-state index in [0.717, 1.165) is 5.56 Å². The SMILES string of the molecule is Cc1ccccc1C(=O)c1ccccc1[PH+]=O. The zero-order valence-corrected chi connectivity index (χ0v) is 10.4. The monoisotopic (exact) mass is 243 g/mol. The van der Waals surface area contributed by atoms with Crippen molar-refractivity contribution in [2.24, 2.45) is 0 Å². The number of aryl methyl sites for hydroxylation is 1. The molecule has 0 aliphatic carbocycles. The summed E-state index contributed by atoms with van der Waals surface area (Å²) in [6.45, 7) is 1.90. The van der Waals surface area contributed by atoms with Crippen molar-refractivity contribution in [2.45, 2.75) is 6.92 Å². The van der Waals surface area contributed by atoms with E-state index in [1.807, 2.05) is 25.1 Å². The van der Waals surface area contributed by atoms with Gasteiger partial charge in [0.1, 0.15) is 0 Å². The van der Waals surface area contributed by atoms with Gasteiger partial charge >= 0.3 is 8.46 Å². The molecule has 0 aliphatic heterocycles. The number of ketones is 1. The summed E-state index contributed by atoms with van der Waals surface area (Å²) in [7, 11) is -0.608. The minimum Gasteiger partial charge on any atom is -0.288 e. The van der Waals surface area contributed by atoms with Crippen molar-refractivity contribution >= 4 is 19.5 Å². The summed E-state index contributed by atoms with van der Waals surface area (Å²) < 4.78 is 11.0. The highest BCUT2D eigenvalue weighted by atomic mass is 31.1. The highest BCUT2D eigenvalue weighted by molar-refractivity contribution is 7.34. The molecule has 84 valence electrons. The minimum absolute atomic E-state index is 0.0675. The zero-order chi connectivity index (χ0) is 12.3. The fraction of sp³-hybridized carbons (Fsp3) is 0.0714. The third-order valence-electron chi connectivity index (χ3n) is 2.67. The van der Waals surface area contributed by atoms with Gasteiger partial charge < -0.3 is 0 Å². The van der Waals surface area contributed by atoms with E-state index >= 15 is 0 Å². The number of hydrogen-bond acceptors (Lipinski definition) is 2. The second-order valence-corrected chi connectivity index (χ2v) is 4.53. The van der Waals surface area contributed by atoms with Crippen LogP contribution in [0.15, 0.2) is 48.5 Å². The molecule has 0 amide bonds. The smallest absolute Gasteiger partial charge is 0.288 e. The molecule has 2 rings (SSSR count). The van der Waals surface area contributed by atoms with E-state index in [-0.39, 0.29) is 5.78 Å². The van der Waals surface area contributed by atoms with Crippen LogP contribution in [-0.4, -0.2) is 5.78 Å². The van der Waals surface area contributed by atoms with Crippen LogP contribution in [0.2, 0.25) is 0 Å². The summed E-state index contributed by atoms with van der Waals surface area (Å²) in [6.07, 6.45) is 0. The standard InChI is InChI=1S/C14H11O2P/c1-10-6-2-3-7-11(10)14(15)12-8-4-5-9-13(12)17-16/h2-9H,1H3/p+1. The molecule has 17 heavy (non-hydrogen) atoms. The normalized spacial score (nSPS) is 10.4. The average Bonchev–Trinajstić information content (AvgIpc) is 2.38. The van der Waals surface area contributed by atoms with Gasteiger partial charge in [-0.15, -0.1) is 0 Å². The van der Waals surface area contributed by atoms with Crippen LogP contribution in [0.1, 0.15) is 21.5 Å². The van der Waals surface area contributed by atoms with Crippen molar-refractivity contribution in [3.8, 4) is 0 Å². The highest BCUT2D eigenvalue weighted by Crippen LogP contribution is 2.14. The molecule has 0 saturated heterocycles. The fourth-order valence-electron chi connectivity index (χ4n) is 1.74. The van der Waals surface area contributed by atoms with Crippen molar-refractivity contribution in [3.05, 3.63) is 65.2 Å². The van der Waals surface area contributed by atoms with Crippen LogP contribution < -0.4 is 5.30 Å². The van der Waals surface area contributed by atoms with Gasteiger partial charge in [-0.05, 0) is 24.6 Å². The predicted molar refractivity (Wildman–Crippen MR) is 69.7 cm³/mol. The van der Waals surface area contributed by atoms with Crippen molar-refractivity contribution in [1.29, 1.82) is 0 Å². The maximum atomic E-state index is 12.3. The van der Waals surface area contributed by atoms with Crippen molar-refractivity contribution in [2.75, 3.05) is 0 Å². The largest absolute Gasteiger partial charge is 0.363 e. The zero-order valence-electron chi connectivity index (χ0n) is 9.44. The summed E-state index contributed by atoms with van der Waals surface area (Å²) in [5, 5.41) is 0.584. The van der Waals surface area contributed by atoms with Gasteiger partial charge in [-0.25, -0.2) is 0 Å². The van der Waals surface area contributed by atoms with E-state index in [9.17, 15) is 9.36 Å². The van der Waals surface area contributed by atoms with Crippen LogP contribution in [0.3, 0.4) is 0 Å². The van der Waals surface area contributed by atoms with Gasteiger partial charge in [0.25, 0.3) is 0 Å². The Hall–Kier alpha value is -1.79. The number of benzene rings is 2. The van der Waals surface area contributed by atoms with Crippen LogP contribution >= 0.6 is 8.46 Å². The van der Waals surface area contributed by atoms with Crippen LogP contribution in [0.4, 0.5) is 0 Å². The van der Waals surface area contributed by atoms with Crippen LogP contribution in [0.5, 0.6) is 0 Å². The van der Waals surface area contributed by atoms with Gasteiger partial charge in [0, 0.05) is 5.56 Å². The maximum Gasteiger partial charge on any atom is 0.363 e. The molecular formula is C14H12O2P+. The first-order valence-electron chi connectivity index (χ1n) is 5.31. The number of hydrogen-bond donors (Lipinski definition) is 0. The van der Waals surface area contributed by atoms with Crippen molar-refractivity contribution in [3.63, 3.8) is 0 Å². The lowest BCUT2D eigenvalue weighted by Gasteiger charge is -2.03. The van der Waals surface area contributed by atoms with Gasteiger partial charge in [0.2, 0.25) is 0 Å². The summed E-state index contributed by atoms with van der Waals surface area (Å²) >= 11 is 0. The lowest BCUT2D eigenvalue weighted by molar-refractivity contribution is 0.103. The molecule has 0 saturated carbocycles. The topological polar surface area (TPSA) is 34.1 Å². The van der Waals surface area contributed by atoms with Crippen molar-refractivity contribution in [1.82, 2.24) is 0 Å². The van der Waals surface area contributed by atoms with E-state index in [4.69, 9.17) is 0 Å². The molecule has 1 atom stereocenters. The number of carbonyl (C=O) groups is 1. The molecule has 3 heteroatoms. The second kappa shape index (κ2) is 5.03. The molecule has 0 spiro atoms. The number of rotatable bonds is 3. The first kappa shape index (κ1) is 11.7. The molecule has 2 nitrogen and oxygen atoms in total. The lowest BCUT2D eigenvalue weighted by atomic mass is 9.99. The van der Waals surface area contributed by atoms with Crippen LogP contribution in [-0.2, 0) is 4.57 Å². The summed E-state index contributed by atoms with van der Waals surface area (Å²) in [5.74, 6) is -0.0675. The van der Waals surface area contributed by atoms with Gasteiger partial charge in [-0.1, -0.05) is 41.0 Å². The predicted octanol–water partition coefficient (Wildman–Crippen LogP) is 2.88. The first-order chi connectivity index (χ1) is 8.24. The Kier molecular flexibility index (Phi) is 3.46. The molecule has 0 aromatic heterocycles. The Balaban J connectivity index is 2.51. The van der Waals surface area contributed by atoms with Gasteiger partial charge in [0.15, 0.2) is 11.1 Å². The molecule has 2 aromatic rings. The Morgan fingerprint density at radius 3 is 2.18 bits per heavy atom. The summed E-state index contributed by atoms with van der Waals surface area (Å²) in [5.41, 5.74) is 2.12. The Morgan fingerprint density at radius 1 is 0.941 bits per heavy atom. The second-order valence-electron chi connectivity index (χ2n) is 3.79. The number of carbonyl (C=O) groups excluding carboxylic acids is 1. The lowest BCUT2D eigenvalue weighted by Crippen LogP contribution is -2.12. The van der Waals surface area contributed by atoms with E-state index in [2.05, 4.69) is 0 Å². The Labute approximate surface area is 101 Å². The van der Waals surface area contributed by atoms with E-state index in [0.29, 0.717) is 16.4 Å². The highest BCUT2D eigenvalue weighted by Gasteiger charge is 2.18. The maximum absolute atomic E-state index is 12.3. The quantitative estimate of drug-likeness (QED) is 0.613. The molecule has 0 N–H and O–H groups in total. The molecule has 2 aromatic carbocycles. The Morgan fingerprint density at radius 2 is 1.53 bits per heavy atom. The molecule has 0 aliphatic rings. The van der Waals surface area contributed by atoms with Gasteiger partial charge in [-0.2, -0.15) is 0 Å². The molecule has 1 unspecified atom stereocenters. The summed E-state index contributed by atoms with van der Waals surface area (Å²) in [6, 6.07) is 14.4. The van der Waals surface area contributed by atoms with Crippen LogP contribution in [0.25, 0.3) is 0 Å². The molecule has 0 bridgehead atoms. The minimum atomic E-state index is -0.608. The third kappa shape index (κ3) is 2.32. The third-order valence-corrected chi connectivity index (χ3v) is 3.33. The van der Waals surface area contributed by atoms with Gasteiger partial charge in [0.05, 0.1) is 5.56 Å². The molecule has 0 fully saturated rings. The first-order valence-corrected chi connectivity index (χ1v) is 6.22. The average molecular weight is 243 g/mol. The van der Waals surface area contributed by atoms with Crippen LogP contribution in [0, 0.1) is 6.92 Å². The van der Waals surface area contributed by atoms with Gasteiger partial charge in [-0.3, -0.25) is 4.79 Å². The fourth-order valence-corrected chi connectivity index (χ4v) is 2.21. The Bertz CT molecular complexity index is 576. The molecular weight excluding hydrogens is 231 g/mol. The van der Waals surface area contributed by atoms with E-state index in [1.165, 1.54) is 0 Å². The van der Waals surface area contributed by atoms with Crippen molar-refractivity contribution < 1.29 is 9.36 Å². The molecule has 0 radical (unpaired) electrons. The molecule has 0 heterocycles. The summed E-state index contributed by atoms with van der Waals surface area (Å²) in [4.78, 5) is 12.3. The van der Waals surface area contributed by atoms with E-state index in [1.54, 1.807) is 30.3 Å². The van der Waals surface area contributed by atoms with E-state index < -0.39 is 8.46 Å².